The standard InChI is InChI=1S/C10H12ClN3O2/c11-9-3-1-8(2-4-9)5-6-13-10(12)7-14(15)16/h1-4,7,13H,5-6,12H2/b10-7+. The number of nitro groups is 1. The van der Waals surface area contributed by atoms with E-state index in [-0.39, 0.29) is 5.82 Å². The zero-order chi connectivity index (χ0) is 12.0. The molecule has 6 heteroatoms. The molecule has 0 aliphatic heterocycles. The Labute approximate surface area is 98.0 Å². The molecule has 0 saturated heterocycles. The highest BCUT2D eigenvalue weighted by Crippen LogP contribution is 2.09. The van der Waals surface area contributed by atoms with Gasteiger partial charge in [0.05, 0.1) is 4.92 Å². The molecule has 1 rings (SSSR count). The van der Waals surface area contributed by atoms with Crippen LogP contribution in [0.5, 0.6) is 0 Å². The Bertz CT molecular complexity index is 390. The zero-order valence-electron chi connectivity index (χ0n) is 8.52. The molecule has 0 saturated carbocycles. The molecular weight excluding hydrogens is 230 g/mol. The molecule has 0 aliphatic carbocycles. The summed E-state index contributed by atoms with van der Waals surface area (Å²) >= 11 is 5.73. The molecule has 1 aromatic carbocycles. The number of rotatable bonds is 5. The van der Waals surface area contributed by atoms with Gasteiger partial charge in [0.25, 0.3) is 6.20 Å². The fourth-order valence-electron chi connectivity index (χ4n) is 1.16. The normalized spacial score (nSPS) is 11.2. The third kappa shape index (κ3) is 4.65. The summed E-state index contributed by atoms with van der Waals surface area (Å²) in [6.45, 7) is 0.539. The number of nitrogens with one attached hydrogen (secondary N) is 1. The monoisotopic (exact) mass is 241 g/mol. The van der Waals surface area contributed by atoms with E-state index >= 15 is 0 Å². The van der Waals surface area contributed by atoms with Crippen molar-refractivity contribution in [3.8, 4) is 0 Å². The number of halogens is 1. The van der Waals surface area contributed by atoms with Crippen LogP contribution in [0.15, 0.2) is 36.3 Å². The lowest BCUT2D eigenvalue weighted by Crippen LogP contribution is -2.23. The minimum Gasteiger partial charge on any atom is -0.380 e. The van der Waals surface area contributed by atoms with E-state index in [2.05, 4.69) is 5.32 Å². The smallest absolute Gasteiger partial charge is 0.273 e. The third-order valence-electron chi connectivity index (χ3n) is 1.90. The fourth-order valence-corrected chi connectivity index (χ4v) is 1.29. The van der Waals surface area contributed by atoms with Gasteiger partial charge < -0.3 is 11.1 Å². The minimum absolute atomic E-state index is 0.0546. The lowest BCUT2D eigenvalue weighted by Gasteiger charge is -2.04. The van der Waals surface area contributed by atoms with Crippen LogP contribution in [0.3, 0.4) is 0 Å². The Morgan fingerprint density at radius 2 is 2.12 bits per heavy atom. The van der Waals surface area contributed by atoms with Crippen LogP contribution in [0.1, 0.15) is 5.56 Å². The van der Waals surface area contributed by atoms with Crippen LogP contribution in [0.2, 0.25) is 5.02 Å². The van der Waals surface area contributed by atoms with E-state index in [1.165, 1.54) is 0 Å². The summed E-state index contributed by atoms with van der Waals surface area (Å²) in [6.07, 6.45) is 1.46. The van der Waals surface area contributed by atoms with E-state index in [0.29, 0.717) is 11.6 Å². The highest BCUT2D eigenvalue weighted by molar-refractivity contribution is 6.30. The van der Waals surface area contributed by atoms with Gasteiger partial charge in [0.15, 0.2) is 5.82 Å². The van der Waals surface area contributed by atoms with Crippen molar-refractivity contribution in [2.24, 2.45) is 5.73 Å². The molecule has 86 valence electrons. The molecule has 1 aromatic rings. The van der Waals surface area contributed by atoms with E-state index in [1.807, 2.05) is 12.1 Å². The van der Waals surface area contributed by atoms with Gasteiger partial charge in [0.1, 0.15) is 0 Å². The van der Waals surface area contributed by atoms with Gasteiger partial charge in [-0.05, 0) is 24.1 Å². The largest absolute Gasteiger partial charge is 0.380 e. The predicted octanol–water partition coefficient (Wildman–Crippen LogP) is 1.51. The van der Waals surface area contributed by atoms with Crippen LogP contribution in [0, 0.1) is 10.1 Å². The van der Waals surface area contributed by atoms with Crippen LogP contribution in [-0.2, 0) is 6.42 Å². The first-order valence-corrected chi connectivity index (χ1v) is 5.05. The number of nitrogens with two attached hydrogens (primary N) is 1. The lowest BCUT2D eigenvalue weighted by atomic mass is 10.1. The second-order valence-electron chi connectivity index (χ2n) is 3.17. The first kappa shape index (κ1) is 12.3. The van der Waals surface area contributed by atoms with E-state index in [4.69, 9.17) is 17.3 Å². The van der Waals surface area contributed by atoms with E-state index in [9.17, 15) is 10.1 Å². The third-order valence-corrected chi connectivity index (χ3v) is 2.15. The van der Waals surface area contributed by atoms with Crippen molar-refractivity contribution in [1.82, 2.24) is 5.32 Å². The topological polar surface area (TPSA) is 81.2 Å². The van der Waals surface area contributed by atoms with Crippen molar-refractivity contribution >= 4 is 11.6 Å². The van der Waals surface area contributed by atoms with Gasteiger partial charge in [-0.15, -0.1) is 0 Å². The van der Waals surface area contributed by atoms with E-state index in [1.54, 1.807) is 12.1 Å². The molecule has 0 bridgehead atoms. The van der Waals surface area contributed by atoms with E-state index in [0.717, 1.165) is 18.2 Å². The number of hydrogen-bond donors (Lipinski definition) is 2. The molecule has 0 aromatic heterocycles. The molecule has 0 fully saturated rings. The molecule has 0 atom stereocenters. The highest BCUT2D eigenvalue weighted by atomic mass is 35.5. The van der Waals surface area contributed by atoms with Gasteiger partial charge in [-0.25, -0.2) is 0 Å². The van der Waals surface area contributed by atoms with Gasteiger partial charge in [0, 0.05) is 11.6 Å². The average Bonchev–Trinajstić information content (AvgIpc) is 2.20. The van der Waals surface area contributed by atoms with Crippen molar-refractivity contribution < 1.29 is 4.92 Å². The molecule has 0 heterocycles. The summed E-state index contributed by atoms with van der Waals surface area (Å²) in [7, 11) is 0. The van der Waals surface area contributed by atoms with Crippen LogP contribution < -0.4 is 11.1 Å². The quantitative estimate of drug-likeness (QED) is 0.605. The predicted molar refractivity (Wildman–Crippen MR) is 62.4 cm³/mol. The first-order valence-electron chi connectivity index (χ1n) is 4.67. The Morgan fingerprint density at radius 1 is 1.50 bits per heavy atom. The van der Waals surface area contributed by atoms with E-state index < -0.39 is 4.92 Å². The maximum absolute atomic E-state index is 10.1. The maximum atomic E-state index is 10.1. The van der Waals surface area contributed by atoms with Gasteiger partial charge in [-0.2, -0.15) is 0 Å². The molecule has 16 heavy (non-hydrogen) atoms. The summed E-state index contributed by atoms with van der Waals surface area (Å²) in [5.74, 6) is 0.0546. The van der Waals surface area contributed by atoms with Crippen LogP contribution in [0.25, 0.3) is 0 Å². The Hall–Kier alpha value is -1.75. The van der Waals surface area contributed by atoms with Crippen molar-refractivity contribution in [2.45, 2.75) is 6.42 Å². The van der Waals surface area contributed by atoms with Gasteiger partial charge >= 0.3 is 0 Å². The SMILES string of the molecule is N/C(=C\[N+](=O)[O-])NCCc1ccc(Cl)cc1. The second kappa shape index (κ2) is 5.97. The summed E-state index contributed by atoms with van der Waals surface area (Å²) in [5.41, 5.74) is 6.44. The molecule has 0 unspecified atom stereocenters. The summed E-state index contributed by atoms with van der Waals surface area (Å²) < 4.78 is 0. The van der Waals surface area contributed by atoms with Crippen molar-refractivity contribution in [1.29, 1.82) is 0 Å². The lowest BCUT2D eigenvalue weighted by molar-refractivity contribution is -0.403. The Balaban J connectivity index is 2.36. The zero-order valence-corrected chi connectivity index (χ0v) is 9.28. The summed E-state index contributed by atoms with van der Waals surface area (Å²) in [6, 6.07) is 7.40. The number of hydrogen-bond acceptors (Lipinski definition) is 4. The van der Waals surface area contributed by atoms with Crippen LogP contribution >= 0.6 is 11.6 Å². The number of nitrogens with zero attached hydrogens (tertiary/aromatic N) is 1. The van der Waals surface area contributed by atoms with Gasteiger partial charge in [0.2, 0.25) is 0 Å². The molecule has 3 N–H and O–H groups in total. The minimum atomic E-state index is -0.593. The van der Waals surface area contributed by atoms with Gasteiger partial charge in [-0.1, -0.05) is 23.7 Å². The van der Waals surface area contributed by atoms with Crippen molar-refractivity contribution in [3.05, 3.63) is 57.0 Å². The van der Waals surface area contributed by atoms with Crippen LogP contribution in [-0.4, -0.2) is 11.5 Å². The molecule has 0 spiro atoms. The fraction of sp³-hybridized carbons (Fsp3) is 0.200. The second-order valence-corrected chi connectivity index (χ2v) is 3.61. The first-order chi connectivity index (χ1) is 7.58. The molecular formula is C10H12ClN3O2. The Kier molecular flexibility index (Phi) is 4.60. The molecule has 0 aliphatic rings. The maximum Gasteiger partial charge on any atom is 0.273 e. The molecule has 0 radical (unpaired) electrons. The van der Waals surface area contributed by atoms with Crippen LogP contribution in [0.4, 0.5) is 0 Å². The van der Waals surface area contributed by atoms with Gasteiger partial charge in [-0.3, -0.25) is 10.1 Å². The molecule has 0 amide bonds. The number of benzene rings is 1. The average molecular weight is 242 g/mol. The summed E-state index contributed by atoms with van der Waals surface area (Å²) in [4.78, 5) is 9.48. The van der Waals surface area contributed by atoms with Crippen molar-refractivity contribution in [3.63, 3.8) is 0 Å². The Morgan fingerprint density at radius 3 is 2.69 bits per heavy atom. The highest BCUT2D eigenvalue weighted by Gasteiger charge is 1.97. The van der Waals surface area contributed by atoms with Crippen molar-refractivity contribution in [2.75, 3.05) is 6.54 Å². The summed E-state index contributed by atoms with van der Waals surface area (Å²) in [5, 5.41) is 13.5. The molecule has 5 nitrogen and oxygen atoms in total.